The average Bonchev–Trinajstić information content (AvgIpc) is 2.31. The summed E-state index contributed by atoms with van der Waals surface area (Å²) in [4.78, 5) is 2.59. The maximum Gasteiger partial charge on any atom is 0.0194 e. The van der Waals surface area contributed by atoms with Gasteiger partial charge in [0, 0.05) is 31.7 Å². The molecule has 1 aliphatic rings. The fraction of sp³-hybridized carbons (Fsp3) is 0.571. The van der Waals surface area contributed by atoms with Crippen LogP contribution in [0.15, 0.2) is 30.3 Å². The Morgan fingerprint density at radius 3 is 2.38 bits per heavy atom. The summed E-state index contributed by atoms with van der Waals surface area (Å²) in [6, 6.07) is 10.8. The van der Waals surface area contributed by atoms with Crippen LogP contribution < -0.4 is 5.32 Å². The smallest absolute Gasteiger partial charge is 0.0194 e. The SMILES string of the molecule is CC(C)(Cc1ccccc1)N1CCNCC1. The van der Waals surface area contributed by atoms with E-state index in [1.54, 1.807) is 0 Å². The van der Waals surface area contributed by atoms with Gasteiger partial charge in [-0.1, -0.05) is 30.3 Å². The summed E-state index contributed by atoms with van der Waals surface area (Å²) in [6.07, 6.45) is 1.13. The van der Waals surface area contributed by atoms with Crippen molar-refractivity contribution in [2.75, 3.05) is 26.2 Å². The molecular formula is C14H22N2. The highest BCUT2D eigenvalue weighted by Crippen LogP contribution is 2.20. The number of hydrogen-bond donors (Lipinski definition) is 1. The van der Waals surface area contributed by atoms with Crippen molar-refractivity contribution in [2.45, 2.75) is 25.8 Å². The molecular weight excluding hydrogens is 196 g/mol. The summed E-state index contributed by atoms with van der Waals surface area (Å²) in [7, 11) is 0. The Balaban J connectivity index is 2.01. The van der Waals surface area contributed by atoms with Gasteiger partial charge in [-0.05, 0) is 25.8 Å². The van der Waals surface area contributed by atoms with E-state index in [0.717, 1.165) is 19.5 Å². The van der Waals surface area contributed by atoms with Gasteiger partial charge < -0.3 is 5.32 Å². The van der Waals surface area contributed by atoms with Crippen molar-refractivity contribution in [3.05, 3.63) is 35.9 Å². The van der Waals surface area contributed by atoms with E-state index in [1.165, 1.54) is 18.7 Å². The van der Waals surface area contributed by atoms with E-state index >= 15 is 0 Å². The van der Waals surface area contributed by atoms with Crippen molar-refractivity contribution in [1.29, 1.82) is 0 Å². The lowest BCUT2D eigenvalue weighted by Gasteiger charge is -2.41. The quantitative estimate of drug-likeness (QED) is 0.834. The van der Waals surface area contributed by atoms with Gasteiger partial charge in [0.15, 0.2) is 0 Å². The second-order valence-corrected chi connectivity index (χ2v) is 5.21. The molecule has 1 heterocycles. The molecule has 1 aromatic rings. The van der Waals surface area contributed by atoms with E-state index in [9.17, 15) is 0 Å². The van der Waals surface area contributed by atoms with Crippen LogP contribution in [0.25, 0.3) is 0 Å². The van der Waals surface area contributed by atoms with Gasteiger partial charge in [-0.15, -0.1) is 0 Å². The van der Waals surface area contributed by atoms with E-state index in [-0.39, 0.29) is 5.54 Å². The number of rotatable bonds is 3. The Morgan fingerprint density at radius 1 is 1.12 bits per heavy atom. The van der Waals surface area contributed by atoms with Gasteiger partial charge in [0.05, 0.1) is 0 Å². The molecule has 0 aromatic heterocycles. The molecule has 2 heteroatoms. The van der Waals surface area contributed by atoms with E-state index in [1.807, 2.05) is 0 Å². The lowest BCUT2D eigenvalue weighted by Crippen LogP contribution is -2.54. The van der Waals surface area contributed by atoms with Gasteiger partial charge in [-0.3, -0.25) is 4.90 Å². The lowest BCUT2D eigenvalue weighted by atomic mass is 9.92. The average molecular weight is 218 g/mol. The van der Waals surface area contributed by atoms with Crippen molar-refractivity contribution in [3.63, 3.8) is 0 Å². The van der Waals surface area contributed by atoms with Crippen LogP contribution in [0.1, 0.15) is 19.4 Å². The summed E-state index contributed by atoms with van der Waals surface area (Å²) in [5, 5.41) is 3.41. The molecule has 0 aliphatic carbocycles. The highest BCUT2D eigenvalue weighted by Gasteiger charge is 2.27. The van der Waals surface area contributed by atoms with Crippen LogP contribution in [0, 0.1) is 0 Å². The molecule has 16 heavy (non-hydrogen) atoms. The molecule has 1 saturated heterocycles. The molecule has 1 fully saturated rings. The van der Waals surface area contributed by atoms with Crippen molar-refractivity contribution >= 4 is 0 Å². The second kappa shape index (κ2) is 4.98. The maximum atomic E-state index is 3.41. The first-order valence-electron chi connectivity index (χ1n) is 6.18. The number of hydrogen-bond acceptors (Lipinski definition) is 2. The van der Waals surface area contributed by atoms with Crippen LogP contribution in [0.2, 0.25) is 0 Å². The third-order valence-electron chi connectivity index (χ3n) is 3.45. The number of nitrogens with zero attached hydrogens (tertiary/aromatic N) is 1. The topological polar surface area (TPSA) is 15.3 Å². The molecule has 1 aliphatic heterocycles. The molecule has 0 spiro atoms. The maximum absolute atomic E-state index is 3.41. The number of nitrogens with one attached hydrogen (secondary N) is 1. The fourth-order valence-corrected chi connectivity index (χ4v) is 2.48. The minimum atomic E-state index is 0.267. The number of benzene rings is 1. The van der Waals surface area contributed by atoms with E-state index in [0.29, 0.717) is 0 Å². The van der Waals surface area contributed by atoms with Crippen LogP contribution in [0.5, 0.6) is 0 Å². The molecule has 0 unspecified atom stereocenters. The molecule has 2 rings (SSSR count). The minimum absolute atomic E-state index is 0.267. The zero-order chi connectivity index (χ0) is 11.4. The highest BCUT2D eigenvalue weighted by molar-refractivity contribution is 5.17. The molecule has 88 valence electrons. The summed E-state index contributed by atoms with van der Waals surface area (Å²) in [5.74, 6) is 0. The van der Waals surface area contributed by atoms with Gasteiger partial charge in [-0.25, -0.2) is 0 Å². The minimum Gasteiger partial charge on any atom is -0.314 e. The Bertz CT molecular complexity index is 313. The first-order chi connectivity index (χ1) is 7.68. The molecule has 0 radical (unpaired) electrons. The molecule has 0 atom stereocenters. The van der Waals surface area contributed by atoms with E-state index < -0.39 is 0 Å². The first-order valence-corrected chi connectivity index (χ1v) is 6.18. The summed E-state index contributed by atoms with van der Waals surface area (Å²) in [5.41, 5.74) is 1.70. The van der Waals surface area contributed by atoms with Crippen molar-refractivity contribution < 1.29 is 0 Å². The zero-order valence-electron chi connectivity index (χ0n) is 10.4. The highest BCUT2D eigenvalue weighted by atomic mass is 15.2. The summed E-state index contributed by atoms with van der Waals surface area (Å²) in [6.45, 7) is 9.28. The van der Waals surface area contributed by atoms with Gasteiger partial charge in [-0.2, -0.15) is 0 Å². The van der Waals surface area contributed by atoms with Gasteiger partial charge in [0.2, 0.25) is 0 Å². The number of piperazine rings is 1. The van der Waals surface area contributed by atoms with Crippen LogP contribution >= 0.6 is 0 Å². The van der Waals surface area contributed by atoms with Gasteiger partial charge in [0.1, 0.15) is 0 Å². The van der Waals surface area contributed by atoms with Crippen LogP contribution in [0.4, 0.5) is 0 Å². The Labute approximate surface area is 98.7 Å². The van der Waals surface area contributed by atoms with Crippen molar-refractivity contribution in [1.82, 2.24) is 10.2 Å². The Morgan fingerprint density at radius 2 is 1.75 bits per heavy atom. The molecule has 0 amide bonds. The second-order valence-electron chi connectivity index (χ2n) is 5.21. The molecule has 1 aromatic carbocycles. The Hall–Kier alpha value is -0.860. The lowest BCUT2D eigenvalue weighted by molar-refractivity contribution is 0.104. The molecule has 0 bridgehead atoms. The molecule has 1 N–H and O–H groups in total. The largest absolute Gasteiger partial charge is 0.314 e. The van der Waals surface area contributed by atoms with E-state index in [2.05, 4.69) is 54.4 Å². The monoisotopic (exact) mass is 218 g/mol. The summed E-state index contributed by atoms with van der Waals surface area (Å²) < 4.78 is 0. The standard InChI is InChI=1S/C14H22N2/c1-14(2,16-10-8-15-9-11-16)12-13-6-4-3-5-7-13/h3-7,15H,8-12H2,1-2H3. The zero-order valence-corrected chi connectivity index (χ0v) is 10.4. The first kappa shape index (κ1) is 11.6. The van der Waals surface area contributed by atoms with Crippen LogP contribution in [-0.2, 0) is 6.42 Å². The fourth-order valence-electron chi connectivity index (χ4n) is 2.48. The molecule has 2 nitrogen and oxygen atoms in total. The summed E-state index contributed by atoms with van der Waals surface area (Å²) >= 11 is 0. The predicted molar refractivity (Wildman–Crippen MR) is 68.7 cm³/mol. The third-order valence-corrected chi connectivity index (χ3v) is 3.45. The molecule has 0 saturated carbocycles. The normalized spacial score (nSPS) is 18.6. The third kappa shape index (κ3) is 2.83. The van der Waals surface area contributed by atoms with Gasteiger partial charge in [0.25, 0.3) is 0 Å². The van der Waals surface area contributed by atoms with Crippen molar-refractivity contribution in [2.24, 2.45) is 0 Å². The van der Waals surface area contributed by atoms with Crippen molar-refractivity contribution in [3.8, 4) is 0 Å². The van der Waals surface area contributed by atoms with Gasteiger partial charge >= 0.3 is 0 Å². The Kier molecular flexibility index (Phi) is 3.62. The van der Waals surface area contributed by atoms with E-state index in [4.69, 9.17) is 0 Å². The predicted octanol–water partition coefficient (Wildman–Crippen LogP) is 1.91. The van der Waals surface area contributed by atoms with Crippen LogP contribution in [0.3, 0.4) is 0 Å². The van der Waals surface area contributed by atoms with Crippen LogP contribution in [-0.4, -0.2) is 36.6 Å².